The third kappa shape index (κ3) is 10.5. The molecule has 0 saturated heterocycles. The molecule has 0 spiro atoms. The van der Waals surface area contributed by atoms with Gasteiger partial charge in [-0.3, -0.25) is 4.79 Å². The predicted octanol–water partition coefficient (Wildman–Crippen LogP) is 10.3. The smallest absolute Gasteiger partial charge is 0.186 e. The number of aryl methyl sites for hydroxylation is 1. The van der Waals surface area contributed by atoms with E-state index in [4.69, 9.17) is 14.2 Å². The second-order valence-corrected chi connectivity index (χ2v) is 24.4. The van der Waals surface area contributed by atoms with Crippen molar-refractivity contribution in [1.29, 1.82) is 0 Å². The highest BCUT2D eigenvalue weighted by Crippen LogP contribution is 2.53. The number of aliphatic hydroxyl groups is 4. The number of Topliss-reactive ketones (excluding diaryl/α,β-unsaturated/α-hetero) is 1. The number of aromatic amines is 1. The molecule has 3 saturated carbocycles. The van der Waals surface area contributed by atoms with E-state index < -0.39 is 47.7 Å². The molecular formula is C62H74N2O10S2. The summed E-state index contributed by atoms with van der Waals surface area (Å²) in [5.74, 6) is -0.892. The van der Waals surface area contributed by atoms with Gasteiger partial charge in [0.1, 0.15) is 5.75 Å². The first-order valence-corrected chi connectivity index (χ1v) is 29.7. The Bertz CT molecular complexity index is 2990. The van der Waals surface area contributed by atoms with Crippen LogP contribution in [0.3, 0.4) is 0 Å². The molecule has 0 amide bonds. The molecule has 6 aromatic rings. The average molecular weight is 1070 g/mol. The summed E-state index contributed by atoms with van der Waals surface area (Å²) in [4.78, 5) is 20.1. The molecular weight excluding hydrogens is 997 g/mol. The van der Waals surface area contributed by atoms with Gasteiger partial charge < -0.3 is 55.2 Å². The second kappa shape index (κ2) is 23.4. The summed E-state index contributed by atoms with van der Waals surface area (Å²) in [7, 11) is 6.59. The van der Waals surface area contributed by atoms with Gasteiger partial charge in [-0.15, -0.1) is 0 Å². The molecule has 10 rings (SSSR count). The molecule has 1 aromatic heterocycles. The van der Waals surface area contributed by atoms with Crippen molar-refractivity contribution in [2.75, 3.05) is 33.3 Å². The molecule has 2 heterocycles. The summed E-state index contributed by atoms with van der Waals surface area (Å²) in [5, 5.41) is 76.9. The standard InChI is InChI=1S/C62H74N2O10S2/c1-4-39-15-16-40-10-9-13-48-54(34-65)76-75-35-43-27-55(69)62(45-28-44(29-46(67)30-45)61(63-2)21-7-8-22-61,32-37-14-19-52(73-36-66)53(25-37)74-47-11-5-6-12-47)60(71)57(43)58(70)42(24-38-20-23-64-33-38)26-41-17-18-51(68)59(72-3)50(41)31-49(39)56(40)48/h9-10,13-20,23,25,28-30,33,42-43,47,54-55,57-58,63-70H,4-8,11-12,21-22,24,26-27,31-32,34-36H2,1-3H3. The summed E-state index contributed by atoms with van der Waals surface area (Å²) in [6.45, 7) is 1.42. The fraction of sp³-hybridized carbons (Fsp3) is 0.468. The Morgan fingerprint density at radius 1 is 0.868 bits per heavy atom. The molecule has 3 aliphatic carbocycles. The topological polar surface area (TPSA) is 194 Å². The molecule has 14 heteroatoms. The van der Waals surface area contributed by atoms with Crippen LogP contribution in [0.4, 0.5) is 0 Å². The first-order chi connectivity index (χ1) is 36.9. The summed E-state index contributed by atoms with van der Waals surface area (Å²) in [6, 6.07) is 26.9. The van der Waals surface area contributed by atoms with Crippen LogP contribution in [-0.4, -0.2) is 93.0 Å². The molecule has 76 heavy (non-hydrogen) atoms. The maximum absolute atomic E-state index is 16.9. The first-order valence-electron chi connectivity index (χ1n) is 27.3. The Balaban J connectivity index is 1.16. The lowest BCUT2D eigenvalue weighted by Gasteiger charge is -2.49. The second-order valence-electron chi connectivity index (χ2n) is 21.8. The fourth-order valence-corrected chi connectivity index (χ4v) is 16.5. The molecule has 1 aliphatic heterocycles. The quantitative estimate of drug-likeness (QED) is 0.0380. The molecule has 7 atom stereocenters. The van der Waals surface area contributed by atoms with Crippen LogP contribution < -0.4 is 19.5 Å². The SMILES string of the molecule is CCc1ccc2cccc3c2c1Cc1c(ccc(O)c1OC)CC(Cc1cc[nH]c1)C(O)C1C(=O)C(Cc2ccc(OCO)c(OC4CCCC4)c2)(c2cc(O)cc(C4(NC)CCCC4)c2)C(O)CC1CSSC3CO. The molecule has 0 radical (unpaired) electrons. The van der Waals surface area contributed by atoms with Crippen LogP contribution >= 0.6 is 21.6 Å². The lowest BCUT2D eigenvalue weighted by atomic mass is 9.55. The highest BCUT2D eigenvalue weighted by Gasteiger charge is 2.58. The lowest BCUT2D eigenvalue weighted by Crippen LogP contribution is -2.61. The summed E-state index contributed by atoms with van der Waals surface area (Å²) < 4.78 is 18.4. The van der Waals surface area contributed by atoms with Crippen LogP contribution in [-0.2, 0) is 47.9 Å². The Hall–Kier alpha value is -5.19. The normalized spacial score (nSPS) is 25.1. The third-order valence-electron chi connectivity index (χ3n) is 17.6. The highest BCUT2D eigenvalue weighted by molar-refractivity contribution is 8.76. The van der Waals surface area contributed by atoms with Crippen molar-refractivity contribution in [2.24, 2.45) is 17.8 Å². The first kappa shape index (κ1) is 54.2. The predicted molar refractivity (Wildman–Crippen MR) is 301 cm³/mol. The van der Waals surface area contributed by atoms with E-state index in [-0.39, 0.29) is 48.1 Å². The van der Waals surface area contributed by atoms with Crippen LogP contribution in [0.1, 0.15) is 120 Å². The van der Waals surface area contributed by atoms with E-state index in [0.717, 1.165) is 108 Å². The fourth-order valence-electron chi connectivity index (χ4n) is 13.7. The number of phenolic OH excluding ortho intramolecular Hbond substituents is 2. The number of ketones is 1. The minimum atomic E-state index is -1.68. The number of fused-ring (bicyclic) bond motifs is 2. The van der Waals surface area contributed by atoms with Crippen molar-refractivity contribution in [1.82, 2.24) is 10.3 Å². The number of methoxy groups -OCH3 is 1. The van der Waals surface area contributed by atoms with E-state index in [1.54, 1.807) is 53.0 Å². The number of rotatable bonds is 14. The molecule has 12 nitrogen and oxygen atoms in total. The van der Waals surface area contributed by atoms with E-state index in [1.165, 1.54) is 0 Å². The Morgan fingerprint density at radius 3 is 2.39 bits per heavy atom. The van der Waals surface area contributed by atoms with Gasteiger partial charge in [0.05, 0.1) is 42.7 Å². The highest BCUT2D eigenvalue weighted by atomic mass is 33.1. The van der Waals surface area contributed by atoms with Gasteiger partial charge in [0.15, 0.2) is 35.6 Å². The van der Waals surface area contributed by atoms with Gasteiger partial charge in [0, 0.05) is 41.6 Å². The number of nitrogens with one attached hydrogen (secondary N) is 2. The van der Waals surface area contributed by atoms with Crippen LogP contribution in [0, 0.1) is 17.8 Å². The number of carbonyl (C=O) groups is 1. The van der Waals surface area contributed by atoms with E-state index in [2.05, 4.69) is 41.5 Å². The number of aliphatic hydroxyl groups excluding tert-OH is 4. The number of benzene rings is 5. The van der Waals surface area contributed by atoms with Crippen molar-refractivity contribution in [3.63, 3.8) is 0 Å². The molecule has 8 N–H and O–H groups in total. The van der Waals surface area contributed by atoms with Crippen LogP contribution in [0.5, 0.6) is 28.7 Å². The maximum Gasteiger partial charge on any atom is 0.186 e. The zero-order chi connectivity index (χ0) is 53.1. The molecule has 0 bridgehead atoms. The maximum atomic E-state index is 16.9. The zero-order valence-electron chi connectivity index (χ0n) is 43.9. The van der Waals surface area contributed by atoms with Crippen molar-refractivity contribution in [3.8, 4) is 28.7 Å². The number of aromatic hydroxyl groups is 2. The van der Waals surface area contributed by atoms with E-state index in [0.29, 0.717) is 53.4 Å². The minimum absolute atomic E-state index is 0.00205. The minimum Gasteiger partial charge on any atom is -0.508 e. The summed E-state index contributed by atoms with van der Waals surface area (Å²) in [6.07, 6.45) is 10.7. The Labute approximate surface area is 454 Å². The number of carbonyl (C=O) groups excluding carboxylic acids is 1. The zero-order valence-corrected chi connectivity index (χ0v) is 45.6. The number of phenols is 2. The van der Waals surface area contributed by atoms with E-state index in [9.17, 15) is 30.6 Å². The molecule has 404 valence electrons. The van der Waals surface area contributed by atoms with Crippen molar-refractivity contribution >= 4 is 38.1 Å². The van der Waals surface area contributed by atoms with Gasteiger partial charge in [0.25, 0.3) is 0 Å². The number of hydrogen-bond donors (Lipinski definition) is 8. The van der Waals surface area contributed by atoms with Crippen LogP contribution in [0.15, 0.2) is 97.3 Å². The third-order valence-corrected chi connectivity index (χ3v) is 20.5. The van der Waals surface area contributed by atoms with Crippen molar-refractivity contribution < 1.29 is 49.6 Å². The molecule has 4 aliphatic rings. The molecule has 5 aromatic carbocycles. The van der Waals surface area contributed by atoms with E-state index >= 15 is 4.79 Å². The van der Waals surface area contributed by atoms with Gasteiger partial charge in [-0.1, -0.05) is 89.9 Å². The van der Waals surface area contributed by atoms with Crippen LogP contribution in [0.2, 0.25) is 0 Å². The summed E-state index contributed by atoms with van der Waals surface area (Å²) >= 11 is 0. The number of hydrogen-bond acceptors (Lipinski definition) is 13. The molecule has 7 unspecified atom stereocenters. The number of ether oxygens (including phenoxy) is 3. The van der Waals surface area contributed by atoms with Gasteiger partial charge in [-0.2, -0.15) is 0 Å². The van der Waals surface area contributed by atoms with Crippen molar-refractivity contribution in [2.45, 2.75) is 131 Å². The Morgan fingerprint density at radius 2 is 1.67 bits per heavy atom. The van der Waals surface area contributed by atoms with Gasteiger partial charge >= 0.3 is 0 Å². The number of aromatic nitrogens is 1. The number of H-pyrrole nitrogens is 1. The van der Waals surface area contributed by atoms with Gasteiger partial charge in [-0.05, 0) is 181 Å². The van der Waals surface area contributed by atoms with Crippen molar-refractivity contribution in [3.05, 3.63) is 147 Å². The van der Waals surface area contributed by atoms with Gasteiger partial charge in [0.2, 0.25) is 0 Å². The monoisotopic (exact) mass is 1070 g/mol. The van der Waals surface area contributed by atoms with E-state index in [1.807, 2.05) is 55.8 Å². The average Bonchev–Trinajstić information content (AvgIpc) is 4.26. The largest absolute Gasteiger partial charge is 0.508 e. The van der Waals surface area contributed by atoms with Crippen LogP contribution in [0.25, 0.3) is 10.8 Å². The molecule has 3 fully saturated rings. The summed E-state index contributed by atoms with van der Waals surface area (Å²) in [5.41, 5.74) is 5.65. The lowest BCUT2D eigenvalue weighted by molar-refractivity contribution is -0.149. The Kier molecular flexibility index (Phi) is 16.7. The van der Waals surface area contributed by atoms with Gasteiger partial charge in [-0.25, -0.2) is 0 Å².